The highest BCUT2D eigenvalue weighted by atomic mass is 35.5. The zero-order valence-corrected chi connectivity index (χ0v) is 13.7. The van der Waals surface area contributed by atoms with Gasteiger partial charge in [0.15, 0.2) is 0 Å². The molecule has 0 bridgehead atoms. The summed E-state index contributed by atoms with van der Waals surface area (Å²) in [5.41, 5.74) is 1.93. The summed E-state index contributed by atoms with van der Waals surface area (Å²) < 4.78 is 1.74. The molecule has 120 valence electrons. The van der Waals surface area contributed by atoms with Crippen molar-refractivity contribution in [1.82, 2.24) is 25.1 Å². The molecule has 0 aromatic carbocycles. The first-order valence-electron chi connectivity index (χ1n) is 7.27. The van der Waals surface area contributed by atoms with Gasteiger partial charge in [0.2, 0.25) is 5.95 Å². The lowest BCUT2D eigenvalue weighted by molar-refractivity contribution is 0.632. The van der Waals surface area contributed by atoms with Gasteiger partial charge in [-0.05, 0) is 26.3 Å². The molecule has 0 unspecified atom stereocenters. The Bertz CT molecular complexity index is 607. The molecule has 3 N–H and O–H groups in total. The monoisotopic (exact) mass is 323 g/mol. The summed E-state index contributed by atoms with van der Waals surface area (Å²) >= 11 is 0. The fourth-order valence-corrected chi connectivity index (χ4v) is 2.45. The van der Waals surface area contributed by atoms with E-state index in [1.807, 2.05) is 26.4 Å². The van der Waals surface area contributed by atoms with Gasteiger partial charge >= 0.3 is 0 Å². The number of nitrogens with one attached hydrogen (secondary N) is 3. The Kier molecular flexibility index (Phi) is 5.57. The van der Waals surface area contributed by atoms with E-state index in [0.29, 0.717) is 12.0 Å². The molecule has 22 heavy (non-hydrogen) atoms. The van der Waals surface area contributed by atoms with E-state index in [9.17, 15) is 0 Å². The summed E-state index contributed by atoms with van der Waals surface area (Å²) in [4.78, 5) is 8.85. The maximum absolute atomic E-state index is 4.54. The van der Waals surface area contributed by atoms with Crippen LogP contribution in [0.15, 0.2) is 18.6 Å². The van der Waals surface area contributed by atoms with Crippen molar-refractivity contribution in [1.29, 1.82) is 0 Å². The van der Waals surface area contributed by atoms with Crippen molar-refractivity contribution in [3.05, 3.63) is 24.2 Å². The third kappa shape index (κ3) is 4.08. The number of anilines is 3. The number of aryl methyl sites for hydroxylation is 2. The van der Waals surface area contributed by atoms with Gasteiger partial charge in [0.05, 0.1) is 11.9 Å². The quantitative estimate of drug-likeness (QED) is 0.779. The van der Waals surface area contributed by atoms with Crippen molar-refractivity contribution >= 4 is 29.9 Å². The Morgan fingerprint density at radius 3 is 2.95 bits per heavy atom. The van der Waals surface area contributed by atoms with Crippen LogP contribution in [0, 0.1) is 6.92 Å². The first kappa shape index (κ1) is 16.5. The van der Waals surface area contributed by atoms with Gasteiger partial charge < -0.3 is 16.0 Å². The van der Waals surface area contributed by atoms with E-state index >= 15 is 0 Å². The van der Waals surface area contributed by atoms with E-state index in [1.54, 1.807) is 10.9 Å². The van der Waals surface area contributed by atoms with E-state index in [2.05, 4.69) is 31.0 Å². The van der Waals surface area contributed by atoms with Gasteiger partial charge in [-0.2, -0.15) is 10.1 Å². The molecule has 0 amide bonds. The van der Waals surface area contributed by atoms with E-state index in [0.717, 1.165) is 30.2 Å². The highest BCUT2D eigenvalue weighted by Gasteiger charge is 2.14. The van der Waals surface area contributed by atoms with Crippen LogP contribution in [0.2, 0.25) is 0 Å². The van der Waals surface area contributed by atoms with Crippen LogP contribution in [0.1, 0.15) is 18.4 Å². The minimum atomic E-state index is 0. The zero-order chi connectivity index (χ0) is 14.7. The molecule has 3 rings (SSSR count). The van der Waals surface area contributed by atoms with Gasteiger partial charge in [0.25, 0.3) is 0 Å². The van der Waals surface area contributed by atoms with Crippen LogP contribution < -0.4 is 16.0 Å². The van der Waals surface area contributed by atoms with Crippen molar-refractivity contribution in [3.8, 4) is 0 Å². The summed E-state index contributed by atoms with van der Waals surface area (Å²) in [5.74, 6) is 1.46. The molecule has 2 aromatic rings. The highest BCUT2D eigenvalue weighted by molar-refractivity contribution is 5.85. The van der Waals surface area contributed by atoms with Crippen molar-refractivity contribution in [2.45, 2.75) is 25.8 Å². The molecule has 3 heterocycles. The van der Waals surface area contributed by atoms with Crippen LogP contribution in [0.3, 0.4) is 0 Å². The molecular weight excluding hydrogens is 302 g/mol. The smallest absolute Gasteiger partial charge is 0.229 e. The third-order valence-corrected chi connectivity index (χ3v) is 3.61. The molecule has 0 saturated carbocycles. The normalized spacial score (nSPS) is 17.1. The largest absolute Gasteiger partial charge is 0.368 e. The Morgan fingerprint density at radius 2 is 2.27 bits per heavy atom. The molecule has 8 heteroatoms. The van der Waals surface area contributed by atoms with E-state index in [4.69, 9.17) is 0 Å². The van der Waals surface area contributed by atoms with Crippen LogP contribution in [-0.2, 0) is 7.05 Å². The molecule has 1 aliphatic heterocycles. The third-order valence-electron chi connectivity index (χ3n) is 3.61. The van der Waals surface area contributed by atoms with Crippen molar-refractivity contribution in [2.24, 2.45) is 7.05 Å². The summed E-state index contributed by atoms with van der Waals surface area (Å²) in [5, 5.41) is 14.2. The van der Waals surface area contributed by atoms with Gasteiger partial charge in [-0.25, -0.2) is 4.98 Å². The van der Waals surface area contributed by atoms with Gasteiger partial charge in [0, 0.05) is 37.6 Å². The Hall–Kier alpha value is -1.86. The van der Waals surface area contributed by atoms with Crippen LogP contribution in [0.5, 0.6) is 0 Å². The number of rotatable bonds is 5. The lowest BCUT2D eigenvalue weighted by Gasteiger charge is -2.14. The van der Waals surface area contributed by atoms with E-state index in [1.165, 1.54) is 12.8 Å². The molecule has 1 aliphatic rings. The van der Waals surface area contributed by atoms with Crippen molar-refractivity contribution in [3.63, 3.8) is 0 Å². The molecule has 1 saturated heterocycles. The predicted molar refractivity (Wildman–Crippen MR) is 90.0 cm³/mol. The highest BCUT2D eigenvalue weighted by Crippen LogP contribution is 2.17. The maximum Gasteiger partial charge on any atom is 0.229 e. The summed E-state index contributed by atoms with van der Waals surface area (Å²) in [6.45, 7) is 4.02. The molecule has 1 fully saturated rings. The molecule has 1 atom stereocenters. The Labute approximate surface area is 136 Å². The van der Waals surface area contributed by atoms with Gasteiger partial charge in [-0.3, -0.25) is 4.68 Å². The van der Waals surface area contributed by atoms with E-state index < -0.39 is 0 Å². The van der Waals surface area contributed by atoms with Crippen molar-refractivity contribution in [2.75, 3.05) is 23.7 Å². The SMILES string of the molecule is Cc1cnc(Nc2cnn(C)c2)nc1NC[C@@H]1CCCN1.Cl. The summed E-state index contributed by atoms with van der Waals surface area (Å²) in [6.07, 6.45) is 7.94. The second-order valence-electron chi connectivity index (χ2n) is 5.43. The first-order valence-corrected chi connectivity index (χ1v) is 7.27. The Balaban J connectivity index is 0.00000176. The average Bonchev–Trinajstić information content (AvgIpc) is 3.11. The second kappa shape index (κ2) is 7.42. The van der Waals surface area contributed by atoms with Gasteiger partial charge in [0.1, 0.15) is 5.82 Å². The number of hydrogen-bond acceptors (Lipinski definition) is 6. The number of aromatic nitrogens is 4. The fraction of sp³-hybridized carbons (Fsp3) is 0.500. The fourth-order valence-electron chi connectivity index (χ4n) is 2.45. The van der Waals surface area contributed by atoms with E-state index in [-0.39, 0.29) is 12.4 Å². The minimum Gasteiger partial charge on any atom is -0.368 e. The zero-order valence-electron chi connectivity index (χ0n) is 12.8. The number of halogens is 1. The van der Waals surface area contributed by atoms with Crippen LogP contribution in [0.25, 0.3) is 0 Å². The standard InChI is InChI=1S/C14H21N7.ClH/c1-10-6-17-14(19-12-8-18-21(2)9-12)20-13(10)16-7-11-4-3-5-15-11;/h6,8-9,11,15H,3-5,7H2,1-2H3,(H2,16,17,19,20);1H/t11-;/m0./s1. The van der Waals surface area contributed by atoms with Crippen LogP contribution >= 0.6 is 12.4 Å². The van der Waals surface area contributed by atoms with Crippen molar-refractivity contribution < 1.29 is 0 Å². The number of nitrogens with zero attached hydrogens (tertiary/aromatic N) is 4. The second-order valence-corrected chi connectivity index (χ2v) is 5.43. The molecule has 0 radical (unpaired) electrons. The topological polar surface area (TPSA) is 79.7 Å². The molecule has 0 spiro atoms. The number of hydrogen-bond donors (Lipinski definition) is 3. The van der Waals surface area contributed by atoms with Crippen LogP contribution in [0.4, 0.5) is 17.5 Å². The summed E-state index contributed by atoms with van der Waals surface area (Å²) in [6, 6.07) is 0.536. The molecular formula is C14H22ClN7. The first-order chi connectivity index (χ1) is 10.2. The maximum atomic E-state index is 4.54. The predicted octanol–water partition coefficient (Wildman–Crippen LogP) is 1.85. The van der Waals surface area contributed by atoms with Crippen LogP contribution in [-0.4, -0.2) is 38.9 Å². The molecule has 7 nitrogen and oxygen atoms in total. The average molecular weight is 324 g/mol. The summed E-state index contributed by atoms with van der Waals surface area (Å²) in [7, 11) is 1.88. The lowest BCUT2D eigenvalue weighted by atomic mass is 10.2. The van der Waals surface area contributed by atoms with Gasteiger partial charge in [-0.1, -0.05) is 0 Å². The molecule has 2 aromatic heterocycles. The lowest BCUT2D eigenvalue weighted by Crippen LogP contribution is -2.29. The molecule has 0 aliphatic carbocycles. The Morgan fingerprint density at radius 1 is 1.41 bits per heavy atom. The minimum absolute atomic E-state index is 0. The van der Waals surface area contributed by atoms with Gasteiger partial charge in [-0.15, -0.1) is 12.4 Å².